The van der Waals surface area contributed by atoms with Crippen LogP contribution in [0.2, 0.25) is 5.02 Å². The van der Waals surface area contributed by atoms with Gasteiger partial charge in [0.1, 0.15) is 17.6 Å². The second-order valence-electron chi connectivity index (χ2n) is 8.33. The van der Waals surface area contributed by atoms with E-state index in [9.17, 15) is 17.6 Å². The van der Waals surface area contributed by atoms with Crippen molar-refractivity contribution in [3.63, 3.8) is 0 Å². The molecule has 0 bridgehead atoms. The fraction of sp³-hybridized carbons (Fsp3) is 0.261. The molecule has 1 atom stereocenters. The minimum Gasteiger partial charge on any atom is -0.363 e. The molecule has 4 heterocycles. The number of hydrogen-bond acceptors (Lipinski definition) is 5. The molecule has 5 rings (SSSR count). The maximum absolute atomic E-state index is 15.4. The van der Waals surface area contributed by atoms with Crippen molar-refractivity contribution in [2.45, 2.75) is 18.6 Å². The second-order valence-corrected chi connectivity index (χ2v) is 8.74. The van der Waals surface area contributed by atoms with Gasteiger partial charge in [0.25, 0.3) is 0 Å². The summed E-state index contributed by atoms with van der Waals surface area (Å²) in [5.74, 6) is -1.31. The van der Waals surface area contributed by atoms with Crippen molar-refractivity contribution in [2.75, 3.05) is 30.4 Å². The lowest BCUT2D eigenvalue weighted by molar-refractivity contribution is -0.141. The molecule has 1 unspecified atom stereocenters. The molecule has 1 aliphatic rings. The summed E-state index contributed by atoms with van der Waals surface area (Å²) in [5, 5.41) is 0.197. The fourth-order valence-corrected chi connectivity index (χ4v) is 4.54. The van der Waals surface area contributed by atoms with Crippen LogP contribution in [0.15, 0.2) is 36.5 Å². The molecular weight excluding hydrogens is 491 g/mol. The molecule has 0 aliphatic carbocycles. The highest BCUT2D eigenvalue weighted by Gasteiger charge is 2.38. The van der Waals surface area contributed by atoms with Gasteiger partial charge in [0, 0.05) is 49.0 Å². The Hall–Kier alpha value is -3.47. The standard InChI is InChI=1S/C23H18ClF5N6/c1-34(2)16-6-3-12(21(26)33-16)20-19-11(17-14(31-19)5-4-13(24)18(17)25)8-10-35(20)22-30-9-7-15(32-22)23(27,28)29/h3-7,9,20,31H,8,10H2,1-2H3. The Morgan fingerprint density at radius 2 is 1.86 bits per heavy atom. The lowest BCUT2D eigenvalue weighted by Crippen LogP contribution is -2.38. The average molecular weight is 509 g/mol. The number of nitrogens with zero attached hydrogens (tertiary/aromatic N) is 5. The third-order valence-corrected chi connectivity index (χ3v) is 6.28. The Morgan fingerprint density at radius 3 is 2.54 bits per heavy atom. The molecule has 1 aromatic carbocycles. The first kappa shape index (κ1) is 23.3. The minimum absolute atomic E-state index is 0.0670. The van der Waals surface area contributed by atoms with Crippen LogP contribution in [-0.4, -0.2) is 40.6 Å². The molecule has 12 heteroatoms. The van der Waals surface area contributed by atoms with Gasteiger partial charge in [-0.1, -0.05) is 11.6 Å². The van der Waals surface area contributed by atoms with Gasteiger partial charge < -0.3 is 14.8 Å². The third kappa shape index (κ3) is 3.93. The van der Waals surface area contributed by atoms with Crippen molar-refractivity contribution in [1.29, 1.82) is 0 Å². The Balaban J connectivity index is 1.73. The number of pyridine rings is 1. The van der Waals surface area contributed by atoms with Crippen LogP contribution in [0.4, 0.5) is 33.7 Å². The molecule has 0 saturated carbocycles. The number of fused-ring (bicyclic) bond motifs is 3. The van der Waals surface area contributed by atoms with Gasteiger partial charge in [-0.15, -0.1) is 0 Å². The highest BCUT2D eigenvalue weighted by Crippen LogP contribution is 2.42. The summed E-state index contributed by atoms with van der Waals surface area (Å²) < 4.78 is 70.4. The summed E-state index contributed by atoms with van der Waals surface area (Å²) in [6, 6.07) is 5.88. The first-order valence-electron chi connectivity index (χ1n) is 10.6. The van der Waals surface area contributed by atoms with Crippen molar-refractivity contribution in [2.24, 2.45) is 0 Å². The van der Waals surface area contributed by atoms with Crippen LogP contribution < -0.4 is 9.80 Å². The molecule has 1 N–H and O–H groups in total. The van der Waals surface area contributed by atoms with Crippen LogP contribution in [-0.2, 0) is 12.6 Å². The van der Waals surface area contributed by atoms with Crippen LogP contribution >= 0.6 is 11.6 Å². The van der Waals surface area contributed by atoms with Gasteiger partial charge in [-0.05, 0) is 42.3 Å². The number of rotatable bonds is 3. The summed E-state index contributed by atoms with van der Waals surface area (Å²) >= 11 is 6.00. The van der Waals surface area contributed by atoms with Crippen LogP contribution in [0.25, 0.3) is 10.9 Å². The molecule has 0 spiro atoms. The zero-order valence-electron chi connectivity index (χ0n) is 18.5. The van der Waals surface area contributed by atoms with Gasteiger partial charge in [0.2, 0.25) is 11.9 Å². The summed E-state index contributed by atoms with van der Waals surface area (Å²) in [5.41, 5.74) is 0.363. The van der Waals surface area contributed by atoms with Crippen LogP contribution in [0.3, 0.4) is 0 Å². The monoisotopic (exact) mass is 508 g/mol. The van der Waals surface area contributed by atoms with Crippen molar-refractivity contribution < 1.29 is 22.0 Å². The van der Waals surface area contributed by atoms with Gasteiger partial charge in [-0.3, -0.25) is 0 Å². The lowest BCUT2D eigenvalue weighted by Gasteiger charge is -2.36. The van der Waals surface area contributed by atoms with Gasteiger partial charge >= 0.3 is 6.18 Å². The number of hydrogen-bond donors (Lipinski definition) is 1. The Morgan fingerprint density at radius 1 is 1.09 bits per heavy atom. The predicted octanol–water partition coefficient (Wildman–Crippen LogP) is 5.52. The van der Waals surface area contributed by atoms with E-state index in [2.05, 4.69) is 19.9 Å². The topological polar surface area (TPSA) is 60.9 Å². The zero-order chi connectivity index (χ0) is 25.1. The summed E-state index contributed by atoms with van der Waals surface area (Å²) in [7, 11) is 3.40. The van der Waals surface area contributed by atoms with E-state index < -0.39 is 29.7 Å². The maximum Gasteiger partial charge on any atom is 0.433 e. The first-order valence-corrected chi connectivity index (χ1v) is 10.9. The fourth-order valence-electron chi connectivity index (χ4n) is 4.39. The van der Waals surface area contributed by atoms with E-state index >= 15 is 4.39 Å². The third-order valence-electron chi connectivity index (χ3n) is 5.98. The molecule has 4 aromatic rings. The van der Waals surface area contributed by atoms with E-state index in [0.29, 0.717) is 22.6 Å². The van der Waals surface area contributed by atoms with E-state index in [4.69, 9.17) is 11.6 Å². The number of aromatic nitrogens is 4. The minimum atomic E-state index is -4.69. The summed E-state index contributed by atoms with van der Waals surface area (Å²) in [6.07, 6.45) is -3.44. The Labute approximate surface area is 201 Å². The van der Waals surface area contributed by atoms with Crippen molar-refractivity contribution in [3.8, 4) is 0 Å². The molecule has 0 fully saturated rings. The predicted molar refractivity (Wildman–Crippen MR) is 122 cm³/mol. The van der Waals surface area contributed by atoms with Crippen molar-refractivity contribution in [1.82, 2.24) is 19.9 Å². The molecule has 35 heavy (non-hydrogen) atoms. The molecule has 1 aliphatic heterocycles. The molecular formula is C23H18ClF5N6. The van der Waals surface area contributed by atoms with Gasteiger partial charge in [-0.25, -0.2) is 19.3 Å². The van der Waals surface area contributed by atoms with Crippen LogP contribution in [0.1, 0.15) is 28.6 Å². The van der Waals surface area contributed by atoms with Crippen molar-refractivity contribution >= 4 is 34.3 Å². The molecule has 0 saturated heterocycles. The lowest BCUT2D eigenvalue weighted by atomic mass is 9.93. The summed E-state index contributed by atoms with van der Waals surface area (Å²) in [4.78, 5) is 17.9. The van der Waals surface area contributed by atoms with Gasteiger partial charge in [0.15, 0.2) is 5.82 Å². The molecule has 182 valence electrons. The highest BCUT2D eigenvalue weighted by molar-refractivity contribution is 6.31. The number of H-pyrrole nitrogens is 1. The molecule has 0 amide bonds. The van der Waals surface area contributed by atoms with Crippen molar-refractivity contribution in [3.05, 3.63) is 75.8 Å². The summed E-state index contributed by atoms with van der Waals surface area (Å²) in [6.45, 7) is 0.104. The average Bonchev–Trinajstić information content (AvgIpc) is 3.20. The zero-order valence-corrected chi connectivity index (χ0v) is 19.2. The quantitative estimate of drug-likeness (QED) is 0.292. The highest BCUT2D eigenvalue weighted by atomic mass is 35.5. The van der Waals surface area contributed by atoms with Gasteiger partial charge in [0.05, 0.1) is 5.02 Å². The molecule has 3 aromatic heterocycles. The van der Waals surface area contributed by atoms with E-state index in [0.717, 1.165) is 12.3 Å². The number of alkyl halides is 3. The number of benzene rings is 1. The number of nitrogens with one attached hydrogen (secondary N) is 1. The van der Waals surface area contributed by atoms with E-state index in [1.54, 1.807) is 31.1 Å². The maximum atomic E-state index is 15.4. The normalized spacial score (nSPS) is 16.0. The van der Waals surface area contributed by atoms with Gasteiger partial charge in [-0.2, -0.15) is 17.6 Å². The Bertz CT molecular complexity index is 1430. The van der Waals surface area contributed by atoms with E-state index in [1.165, 1.54) is 17.0 Å². The van der Waals surface area contributed by atoms with Crippen LogP contribution in [0, 0.1) is 11.8 Å². The Kier molecular flexibility index (Phi) is 5.54. The number of halogens is 6. The van der Waals surface area contributed by atoms with E-state index in [1.807, 2.05) is 0 Å². The molecule has 6 nitrogen and oxygen atoms in total. The number of aromatic amines is 1. The first-order chi connectivity index (χ1) is 16.6. The van der Waals surface area contributed by atoms with E-state index in [-0.39, 0.29) is 34.9 Å². The molecule has 0 radical (unpaired) electrons. The number of anilines is 2. The second kappa shape index (κ2) is 8.33. The SMILES string of the molecule is CN(C)c1ccc(C2c3[nH]c4ccc(Cl)c(F)c4c3CCN2c2nccc(C(F)(F)F)n2)c(F)n1. The largest absolute Gasteiger partial charge is 0.433 e. The van der Waals surface area contributed by atoms with Crippen LogP contribution in [0.5, 0.6) is 0 Å². The smallest absolute Gasteiger partial charge is 0.363 e.